The number of alkyl halides is 1. The molecule has 5 heteroatoms. The Morgan fingerprint density at radius 2 is 2.29 bits per heavy atom. The van der Waals surface area contributed by atoms with E-state index in [1.165, 1.54) is 5.56 Å². The molecule has 3 rings (SSSR count). The van der Waals surface area contributed by atoms with Crippen LogP contribution in [0, 0.1) is 6.92 Å². The van der Waals surface area contributed by atoms with Crippen LogP contribution in [0.5, 0.6) is 0 Å². The van der Waals surface area contributed by atoms with Crippen molar-refractivity contribution in [3.8, 4) is 0 Å². The van der Waals surface area contributed by atoms with Crippen molar-refractivity contribution >= 4 is 28.5 Å². The number of rotatable bonds is 6. The number of halogens is 1. The number of amides is 1. The van der Waals surface area contributed by atoms with E-state index < -0.39 is 0 Å². The average molecular weight is 306 g/mol. The highest BCUT2D eigenvalue weighted by Crippen LogP contribution is 2.22. The van der Waals surface area contributed by atoms with E-state index in [2.05, 4.69) is 27.9 Å². The molecule has 0 radical (unpaired) electrons. The molecular formula is C16H20ClN3O. The Kier molecular flexibility index (Phi) is 4.15. The van der Waals surface area contributed by atoms with E-state index in [1.54, 1.807) is 0 Å². The molecule has 1 heterocycles. The standard InChI is InChI=1S/C16H20ClN3O/c1-11-4-2-5-13-16(11)20(14(10-17)19-13)9-3-6-15(21)18-12-7-8-12/h2,4-5,12H,3,6-10H2,1H3,(H,18,21). The van der Waals surface area contributed by atoms with Crippen molar-refractivity contribution in [2.75, 3.05) is 0 Å². The van der Waals surface area contributed by atoms with Gasteiger partial charge in [0.1, 0.15) is 5.82 Å². The number of nitrogens with one attached hydrogen (secondary N) is 1. The van der Waals surface area contributed by atoms with Crippen LogP contribution in [0.15, 0.2) is 18.2 Å². The van der Waals surface area contributed by atoms with Crippen LogP contribution < -0.4 is 5.32 Å². The third-order valence-corrected chi connectivity index (χ3v) is 4.13. The summed E-state index contributed by atoms with van der Waals surface area (Å²) in [6, 6.07) is 6.54. The average Bonchev–Trinajstić information content (AvgIpc) is 3.19. The topological polar surface area (TPSA) is 46.9 Å². The molecule has 1 aromatic heterocycles. The highest BCUT2D eigenvalue weighted by atomic mass is 35.5. The number of carbonyl (C=O) groups excluding carboxylic acids is 1. The van der Waals surface area contributed by atoms with Crippen molar-refractivity contribution in [1.82, 2.24) is 14.9 Å². The van der Waals surface area contributed by atoms with Crippen LogP contribution in [0.1, 0.15) is 37.1 Å². The van der Waals surface area contributed by atoms with Gasteiger partial charge in [-0.15, -0.1) is 11.6 Å². The number of hydrogen-bond acceptors (Lipinski definition) is 2. The maximum Gasteiger partial charge on any atom is 0.220 e. The van der Waals surface area contributed by atoms with Crippen molar-refractivity contribution in [3.05, 3.63) is 29.6 Å². The maximum absolute atomic E-state index is 11.7. The number of imidazole rings is 1. The van der Waals surface area contributed by atoms with Crippen molar-refractivity contribution < 1.29 is 4.79 Å². The molecule has 2 aromatic rings. The van der Waals surface area contributed by atoms with Gasteiger partial charge in [0.05, 0.1) is 16.9 Å². The van der Waals surface area contributed by atoms with Crippen LogP contribution in [0.4, 0.5) is 0 Å². The highest BCUT2D eigenvalue weighted by molar-refractivity contribution is 6.16. The summed E-state index contributed by atoms with van der Waals surface area (Å²) in [5.41, 5.74) is 3.31. The fourth-order valence-corrected chi connectivity index (χ4v) is 2.89. The van der Waals surface area contributed by atoms with Crippen LogP contribution in [-0.2, 0) is 17.2 Å². The lowest BCUT2D eigenvalue weighted by molar-refractivity contribution is -0.121. The number of nitrogens with zero attached hydrogens (tertiary/aromatic N) is 2. The molecular weight excluding hydrogens is 286 g/mol. The zero-order valence-corrected chi connectivity index (χ0v) is 13.0. The monoisotopic (exact) mass is 305 g/mol. The molecule has 0 aliphatic heterocycles. The normalized spacial score (nSPS) is 14.6. The second kappa shape index (κ2) is 6.06. The molecule has 21 heavy (non-hydrogen) atoms. The van der Waals surface area contributed by atoms with Crippen molar-refractivity contribution in [2.24, 2.45) is 0 Å². The second-order valence-corrected chi connectivity index (χ2v) is 5.97. The lowest BCUT2D eigenvalue weighted by Crippen LogP contribution is -2.25. The van der Waals surface area contributed by atoms with E-state index in [9.17, 15) is 4.79 Å². The van der Waals surface area contributed by atoms with Gasteiger partial charge in [-0.25, -0.2) is 4.98 Å². The van der Waals surface area contributed by atoms with E-state index in [0.29, 0.717) is 18.3 Å². The summed E-state index contributed by atoms with van der Waals surface area (Å²) < 4.78 is 2.15. The number of benzene rings is 1. The Morgan fingerprint density at radius 1 is 1.48 bits per heavy atom. The first kappa shape index (κ1) is 14.4. The highest BCUT2D eigenvalue weighted by Gasteiger charge is 2.22. The molecule has 4 nitrogen and oxygen atoms in total. The van der Waals surface area contributed by atoms with E-state index in [0.717, 1.165) is 42.7 Å². The molecule has 0 atom stereocenters. The molecule has 112 valence electrons. The Bertz CT molecular complexity index is 661. The number of carbonyl (C=O) groups is 1. The third-order valence-electron chi connectivity index (χ3n) is 3.90. The van der Waals surface area contributed by atoms with Gasteiger partial charge in [-0.1, -0.05) is 12.1 Å². The van der Waals surface area contributed by atoms with Crippen LogP contribution >= 0.6 is 11.6 Å². The first-order chi connectivity index (χ1) is 10.2. The predicted octanol–water partition coefficient (Wildman–Crippen LogP) is 3.14. The first-order valence-electron chi connectivity index (χ1n) is 7.49. The zero-order chi connectivity index (χ0) is 14.8. The summed E-state index contributed by atoms with van der Waals surface area (Å²) >= 11 is 6.01. The minimum absolute atomic E-state index is 0.158. The summed E-state index contributed by atoms with van der Waals surface area (Å²) in [5.74, 6) is 1.43. The van der Waals surface area contributed by atoms with Gasteiger partial charge in [0, 0.05) is 19.0 Å². The SMILES string of the molecule is Cc1cccc2nc(CCl)n(CCCC(=O)NC3CC3)c12. The van der Waals surface area contributed by atoms with Crippen LogP contribution in [-0.4, -0.2) is 21.5 Å². The number of fused-ring (bicyclic) bond motifs is 1. The van der Waals surface area contributed by atoms with Gasteiger partial charge in [0.2, 0.25) is 5.91 Å². The quantitative estimate of drug-likeness (QED) is 0.833. The van der Waals surface area contributed by atoms with Gasteiger partial charge < -0.3 is 9.88 Å². The zero-order valence-electron chi connectivity index (χ0n) is 12.2. The maximum atomic E-state index is 11.7. The Labute approximate surface area is 129 Å². The van der Waals surface area contributed by atoms with Gasteiger partial charge >= 0.3 is 0 Å². The Hall–Kier alpha value is -1.55. The lowest BCUT2D eigenvalue weighted by Gasteiger charge is -2.09. The summed E-state index contributed by atoms with van der Waals surface area (Å²) in [6.07, 6.45) is 3.63. The van der Waals surface area contributed by atoms with Crippen molar-refractivity contribution in [2.45, 2.75) is 51.1 Å². The fraction of sp³-hybridized carbons (Fsp3) is 0.500. The molecule has 0 spiro atoms. The third kappa shape index (κ3) is 3.21. The van der Waals surface area contributed by atoms with Gasteiger partial charge in [-0.3, -0.25) is 4.79 Å². The number of hydrogen-bond donors (Lipinski definition) is 1. The minimum Gasteiger partial charge on any atom is -0.353 e. The number of para-hydroxylation sites is 1. The summed E-state index contributed by atoms with van der Waals surface area (Å²) in [7, 11) is 0. The van der Waals surface area contributed by atoms with Crippen LogP contribution in [0.3, 0.4) is 0 Å². The van der Waals surface area contributed by atoms with E-state index in [4.69, 9.17) is 11.6 Å². The molecule has 1 aliphatic rings. The Balaban J connectivity index is 1.71. The van der Waals surface area contributed by atoms with E-state index in [-0.39, 0.29) is 5.91 Å². The molecule has 1 N–H and O–H groups in total. The number of aryl methyl sites for hydroxylation is 2. The Morgan fingerprint density at radius 3 is 3.00 bits per heavy atom. The first-order valence-corrected chi connectivity index (χ1v) is 8.02. The second-order valence-electron chi connectivity index (χ2n) is 5.70. The molecule has 0 saturated heterocycles. The van der Waals surface area contributed by atoms with E-state index in [1.807, 2.05) is 12.1 Å². The summed E-state index contributed by atoms with van der Waals surface area (Å²) in [6.45, 7) is 2.86. The van der Waals surface area contributed by atoms with Crippen LogP contribution in [0.25, 0.3) is 11.0 Å². The summed E-state index contributed by atoms with van der Waals surface area (Å²) in [4.78, 5) is 16.3. The largest absolute Gasteiger partial charge is 0.353 e. The molecule has 1 saturated carbocycles. The van der Waals surface area contributed by atoms with Gasteiger partial charge in [0.25, 0.3) is 0 Å². The van der Waals surface area contributed by atoms with Crippen molar-refractivity contribution in [3.63, 3.8) is 0 Å². The van der Waals surface area contributed by atoms with Gasteiger partial charge in [-0.05, 0) is 37.8 Å². The van der Waals surface area contributed by atoms with Crippen LogP contribution in [0.2, 0.25) is 0 Å². The number of aromatic nitrogens is 2. The molecule has 1 fully saturated rings. The minimum atomic E-state index is 0.158. The fourth-order valence-electron chi connectivity index (χ4n) is 2.68. The molecule has 1 amide bonds. The van der Waals surface area contributed by atoms with Crippen molar-refractivity contribution in [1.29, 1.82) is 0 Å². The molecule has 1 aromatic carbocycles. The lowest BCUT2D eigenvalue weighted by atomic mass is 10.2. The van der Waals surface area contributed by atoms with E-state index >= 15 is 0 Å². The van der Waals surface area contributed by atoms with Gasteiger partial charge in [0.15, 0.2) is 0 Å². The molecule has 0 bridgehead atoms. The predicted molar refractivity (Wildman–Crippen MR) is 84.4 cm³/mol. The summed E-state index contributed by atoms with van der Waals surface area (Å²) in [5, 5.41) is 3.02. The van der Waals surface area contributed by atoms with Gasteiger partial charge in [-0.2, -0.15) is 0 Å². The molecule has 1 aliphatic carbocycles. The molecule has 0 unspecified atom stereocenters. The smallest absolute Gasteiger partial charge is 0.220 e.